The smallest absolute Gasteiger partial charge is 0.744 e. The van der Waals surface area contributed by atoms with Gasteiger partial charge < -0.3 is 14.2 Å². The second-order valence-corrected chi connectivity index (χ2v) is 5.24. The number of aromatic hydroxyl groups is 1. The maximum absolute atomic E-state index is 10.6. The summed E-state index contributed by atoms with van der Waals surface area (Å²) >= 11 is 0. The van der Waals surface area contributed by atoms with Crippen LogP contribution in [0.15, 0.2) is 28.0 Å². The molecule has 0 aromatic heterocycles. The maximum atomic E-state index is 10.6. The van der Waals surface area contributed by atoms with Gasteiger partial charge in [0.05, 0.1) is 9.79 Å². The molecular formula is C6H4Na2O7S2. The molecule has 1 rings (SSSR count). The zero-order valence-electron chi connectivity index (χ0n) is 8.95. The quantitative estimate of drug-likeness (QED) is 0.423. The summed E-state index contributed by atoms with van der Waals surface area (Å²) < 4.78 is 63.5. The van der Waals surface area contributed by atoms with Gasteiger partial charge in [0.15, 0.2) is 0 Å². The predicted octanol–water partition coefficient (Wildman–Crippen LogP) is -6.79. The Kier molecular flexibility index (Phi) is 8.12. The molecule has 0 bridgehead atoms. The molecule has 11 heteroatoms. The molecule has 1 aromatic carbocycles. The van der Waals surface area contributed by atoms with Crippen molar-refractivity contribution >= 4 is 20.2 Å². The minimum Gasteiger partial charge on any atom is -0.744 e. The number of hydrogen-bond acceptors (Lipinski definition) is 7. The second-order valence-electron chi connectivity index (χ2n) is 2.54. The molecule has 0 atom stereocenters. The molecule has 1 aromatic rings. The number of phenols is 1. The first-order valence-electron chi connectivity index (χ1n) is 3.37. The van der Waals surface area contributed by atoms with E-state index in [1.807, 2.05) is 0 Å². The van der Waals surface area contributed by atoms with Crippen molar-refractivity contribution in [3.8, 4) is 5.75 Å². The Hall–Kier alpha value is 0.840. The minimum atomic E-state index is -5.13. The van der Waals surface area contributed by atoms with Gasteiger partial charge in [-0.2, -0.15) is 0 Å². The summed E-state index contributed by atoms with van der Waals surface area (Å²) in [5.41, 5.74) is 0. The third-order valence-electron chi connectivity index (χ3n) is 1.47. The molecule has 0 radical (unpaired) electrons. The number of benzene rings is 1. The van der Waals surface area contributed by atoms with Gasteiger partial charge in [0.2, 0.25) is 0 Å². The summed E-state index contributed by atoms with van der Waals surface area (Å²) in [6, 6.07) is 1.76. The van der Waals surface area contributed by atoms with Crippen molar-refractivity contribution < 1.29 is 90.2 Å². The van der Waals surface area contributed by atoms with E-state index in [0.29, 0.717) is 12.1 Å². The Labute approximate surface area is 142 Å². The maximum Gasteiger partial charge on any atom is 1.00 e. The summed E-state index contributed by atoms with van der Waals surface area (Å²) in [7, 11) is -10.2. The van der Waals surface area contributed by atoms with E-state index in [2.05, 4.69) is 0 Å². The molecular weight excluding hydrogens is 294 g/mol. The Morgan fingerprint density at radius 3 is 1.65 bits per heavy atom. The average molecular weight is 298 g/mol. The molecule has 0 saturated heterocycles. The van der Waals surface area contributed by atoms with Gasteiger partial charge in [-0.3, -0.25) is 0 Å². The molecule has 17 heavy (non-hydrogen) atoms. The topological polar surface area (TPSA) is 135 Å². The normalized spacial score (nSPS) is 11.2. The summed E-state index contributed by atoms with van der Waals surface area (Å²) in [4.78, 5) is -2.42. The van der Waals surface area contributed by atoms with E-state index in [0.717, 1.165) is 6.07 Å². The van der Waals surface area contributed by atoms with E-state index in [9.17, 15) is 25.9 Å². The van der Waals surface area contributed by atoms with Crippen LogP contribution in [0.5, 0.6) is 5.75 Å². The predicted molar refractivity (Wildman–Crippen MR) is 44.0 cm³/mol. The van der Waals surface area contributed by atoms with E-state index in [4.69, 9.17) is 5.11 Å². The Morgan fingerprint density at radius 2 is 1.29 bits per heavy atom. The van der Waals surface area contributed by atoms with Crippen LogP contribution in [0.3, 0.4) is 0 Å². The van der Waals surface area contributed by atoms with E-state index < -0.39 is 35.8 Å². The van der Waals surface area contributed by atoms with Gasteiger partial charge in [0.1, 0.15) is 26.0 Å². The standard InChI is InChI=1S/C6H6O7S2.2Na/c7-4-1-2-5(14(8,9)10)6(3-4)15(11,12)13;;/h1-3,7H,(H,8,9,10)(H,11,12,13);;/q;2*+1/p-2. The van der Waals surface area contributed by atoms with Gasteiger partial charge in [-0.1, -0.05) is 0 Å². The zero-order valence-corrected chi connectivity index (χ0v) is 14.6. The fourth-order valence-corrected chi connectivity index (χ4v) is 2.63. The van der Waals surface area contributed by atoms with E-state index in [-0.39, 0.29) is 59.1 Å². The Bertz CT molecular complexity index is 593. The SMILES string of the molecule is O=S(=O)([O-])c1ccc(O)cc1S(=O)(=O)[O-].[Na+].[Na+]. The first kappa shape index (κ1) is 20.2. The number of rotatable bonds is 2. The van der Waals surface area contributed by atoms with E-state index in [1.165, 1.54) is 0 Å². The largest absolute Gasteiger partial charge is 1.00 e. The molecule has 0 aliphatic heterocycles. The third kappa shape index (κ3) is 5.55. The molecule has 84 valence electrons. The van der Waals surface area contributed by atoms with Crippen LogP contribution in [-0.2, 0) is 20.2 Å². The van der Waals surface area contributed by atoms with Crippen LogP contribution in [0.25, 0.3) is 0 Å². The van der Waals surface area contributed by atoms with Crippen molar-refractivity contribution in [2.75, 3.05) is 0 Å². The molecule has 7 nitrogen and oxygen atoms in total. The summed E-state index contributed by atoms with van der Waals surface area (Å²) in [5, 5.41) is 8.87. The fourth-order valence-electron chi connectivity index (χ4n) is 0.899. The van der Waals surface area contributed by atoms with Gasteiger partial charge in [-0.05, 0) is 18.2 Å². The number of phenolic OH excluding ortho intramolecular Hbond substituents is 1. The molecule has 0 unspecified atom stereocenters. The summed E-state index contributed by atoms with van der Waals surface area (Å²) in [6.07, 6.45) is 0. The Balaban J connectivity index is 0. The second kappa shape index (κ2) is 6.85. The van der Waals surface area contributed by atoms with Crippen LogP contribution in [0, 0.1) is 0 Å². The minimum absolute atomic E-state index is 0. The number of hydrogen-bond donors (Lipinski definition) is 1. The van der Waals surface area contributed by atoms with Crippen molar-refractivity contribution in [2.24, 2.45) is 0 Å². The van der Waals surface area contributed by atoms with Crippen LogP contribution < -0.4 is 59.1 Å². The summed E-state index contributed by atoms with van der Waals surface area (Å²) in [6.45, 7) is 0. The van der Waals surface area contributed by atoms with Crippen molar-refractivity contribution in [1.82, 2.24) is 0 Å². The van der Waals surface area contributed by atoms with Gasteiger partial charge in [-0.15, -0.1) is 0 Å². The zero-order chi connectivity index (χ0) is 11.9. The van der Waals surface area contributed by atoms with Gasteiger partial charge in [0.25, 0.3) is 0 Å². The van der Waals surface area contributed by atoms with E-state index >= 15 is 0 Å². The van der Waals surface area contributed by atoms with Crippen molar-refractivity contribution in [1.29, 1.82) is 0 Å². The molecule has 0 heterocycles. The molecule has 0 saturated carbocycles. The molecule has 1 N–H and O–H groups in total. The van der Waals surface area contributed by atoms with Crippen molar-refractivity contribution in [3.63, 3.8) is 0 Å². The molecule has 0 aliphatic carbocycles. The third-order valence-corrected chi connectivity index (χ3v) is 3.37. The average Bonchev–Trinajstić information content (AvgIpc) is 2.00. The molecule has 0 fully saturated rings. The molecule has 0 spiro atoms. The van der Waals surface area contributed by atoms with Crippen LogP contribution in [0.4, 0.5) is 0 Å². The Morgan fingerprint density at radius 1 is 0.882 bits per heavy atom. The molecule has 0 amide bonds. The van der Waals surface area contributed by atoms with Gasteiger partial charge >= 0.3 is 59.1 Å². The van der Waals surface area contributed by atoms with Crippen LogP contribution in [-0.4, -0.2) is 31.0 Å². The van der Waals surface area contributed by atoms with Gasteiger partial charge in [-0.25, -0.2) is 16.8 Å². The van der Waals surface area contributed by atoms with Gasteiger partial charge in [0, 0.05) is 0 Å². The first-order valence-corrected chi connectivity index (χ1v) is 6.19. The fraction of sp³-hybridized carbons (Fsp3) is 0. The summed E-state index contributed by atoms with van der Waals surface area (Å²) in [5.74, 6) is -0.628. The first-order chi connectivity index (χ1) is 6.62. The van der Waals surface area contributed by atoms with Crippen LogP contribution in [0.1, 0.15) is 0 Å². The van der Waals surface area contributed by atoms with Crippen molar-refractivity contribution in [2.45, 2.75) is 9.79 Å². The van der Waals surface area contributed by atoms with Crippen molar-refractivity contribution in [3.05, 3.63) is 18.2 Å². The monoisotopic (exact) mass is 298 g/mol. The van der Waals surface area contributed by atoms with Crippen LogP contribution >= 0.6 is 0 Å². The van der Waals surface area contributed by atoms with Crippen LogP contribution in [0.2, 0.25) is 0 Å². The molecule has 0 aliphatic rings. The van der Waals surface area contributed by atoms with E-state index in [1.54, 1.807) is 0 Å².